The van der Waals surface area contributed by atoms with Gasteiger partial charge >= 0.3 is 6.18 Å². The summed E-state index contributed by atoms with van der Waals surface area (Å²) in [5, 5.41) is 9.55. The van der Waals surface area contributed by atoms with Crippen LogP contribution in [0.5, 0.6) is 5.75 Å². The normalized spacial score (nSPS) is 14.1. The van der Waals surface area contributed by atoms with E-state index in [-0.39, 0.29) is 5.75 Å². The van der Waals surface area contributed by atoms with Crippen LogP contribution < -0.4 is 4.74 Å². The maximum Gasteiger partial charge on any atom is 0.416 e. The zero-order valence-electron chi connectivity index (χ0n) is 10.0. The second-order valence-electron chi connectivity index (χ2n) is 4.37. The van der Waals surface area contributed by atoms with Gasteiger partial charge in [-0.25, -0.2) is 0 Å². The number of rotatable bonds is 4. The molecule has 0 aliphatic rings. The summed E-state index contributed by atoms with van der Waals surface area (Å²) in [7, 11) is 0. The minimum atomic E-state index is -4.43. The Morgan fingerprint density at radius 3 is 2.44 bits per heavy atom. The summed E-state index contributed by atoms with van der Waals surface area (Å²) in [4.78, 5) is 0. The van der Waals surface area contributed by atoms with Crippen molar-refractivity contribution in [2.24, 2.45) is 0 Å². The van der Waals surface area contributed by atoms with Crippen LogP contribution in [0, 0.1) is 6.58 Å². The Kier molecular flexibility index (Phi) is 4.06. The molecule has 0 amide bonds. The summed E-state index contributed by atoms with van der Waals surface area (Å²) in [6.45, 7) is 8.23. The number of hydrogen-bond acceptors (Lipinski definition) is 2. The van der Waals surface area contributed by atoms with Gasteiger partial charge in [0.1, 0.15) is 17.5 Å². The Hall–Kier alpha value is -1.49. The molecule has 2 nitrogen and oxygen atoms in total. The Morgan fingerprint density at radius 1 is 1.33 bits per heavy atom. The van der Waals surface area contributed by atoms with Crippen molar-refractivity contribution >= 4 is 0 Å². The molecule has 0 saturated carbocycles. The molecule has 0 spiro atoms. The molecule has 0 heterocycles. The summed E-state index contributed by atoms with van der Waals surface area (Å²) >= 11 is 0. The van der Waals surface area contributed by atoms with Gasteiger partial charge in [-0.15, -0.1) is 0 Å². The van der Waals surface area contributed by atoms with Crippen molar-refractivity contribution in [3.05, 3.63) is 42.5 Å². The molecule has 99 valence electrons. The number of aliphatic hydroxyl groups is 1. The molecule has 1 atom stereocenters. The zero-order valence-corrected chi connectivity index (χ0v) is 10.0. The van der Waals surface area contributed by atoms with Crippen molar-refractivity contribution in [3.63, 3.8) is 0 Å². The predicted octanol–water partition coefficient (Wildman–Crippen LogP) is 3.21. The van der Waals surface area contributed by atoms with Gasteiger partial charge in [0.15, 0.2) is 0 Å². The molecule has 1 rings (SSSR count). The average molecular weight is 259 g/mol. The fourth-order valence-corrected chi connectivity index (χ4v) is 1.33. The van der Waals surface area contributed by atoms with Gasteiger partial charge in [0, 0.05) is 0 Å². The minimum Gasteiger partial charge on any atom is -0.485 e. The van der Waals surface area contributed by atoms with Crippen molar-refractivity contribution < 1.29 is 23.0 Å². The summed E-state index contributed by atoms with van der Waals surface area (Å²) in [6, 6.07) is 4.46. The first-order valence-corrected chi connectivity index (χ1v) is 5.26. The third-order valence-corrected chi connectivity index (χ3v) is 2.44. The van der Waals surface area contributed by atoms with E-state index < -0.39 is 23.4 Å². The Morgan fingerprint density at radius 2 is 1.94 bits per heavy atom. The van der Waals surface area contributed by atoms with E-state index in [1.54, 1.807) is 0 Å². The van der Waals surface area contributed by atoms with Gasteiger partial charge in [0.05, 0.1) is 5.56 Å². The summed E-state index contributed by atoms with van der Waals surface area (Å²) < 4.78 is 42.8. The Balaban J connectivity index is 2.96. The highest BCUT2D eigenvalue weighted by atomic mass is 19.4. The van der Waals surface area contributed by atoms with Crippen LogP contribution in [0.25, 0.3) is 0 Å². The standard InChI is InChI=1S/C13H14F3O2/c1-4-11(17)12(2,3)18-10-7-5-6-9(8-10)13(14,15)16/h1,4-8,11,17H,2-3H3. The molecule has 0 bridgehead atoms. The quantitative estimate of drug-likeness (QED) is 0.899. The van der Waals surface area contributed by atoms with Gasteiger partial charge < -0.3 is 9.84 Å². The number of ether oxygens (including phenoxy) is 1. The van der Waals surface area contributed by atoms with Crippen molar-refractivity contribution in [2.75, 3.05) is 0 Å². The van der Waals surface area contributed by atoms with E-state index in [9.17, 15) is 18.3 Å². The number of alkyl halides is 3. The lowest BCUT2D eigenvalue weighted by molar-refractivity contribution is -0.137. The van der Waals surface area contributed by atoms with Crippen molar-refractivity contribution in [3.8, 4) is 5.75 Å². The number of benzene rings is 1. The van der Waals surface area contributed by atoms with Gasteiger partial charge in [0.2, 0.25) is 0 Å². The maximum atomic E-state index is 12.5. The molecule has 0 aliphatic heterocycles. The molecule has 18 heavy (non-hydrogen) atoms. The van der Waals surface area contributed by atoms with Crippen LogP contribution in [-0.2, 0) is 6.18 Å². The molecule has 1 radical (unpaired) electrons. The topological polar surface area (TPSA) is 29.5 Å². The lowest BCUT2D eigenvalue weighted by Crippen LogP contribution is -2.40. The van der Waals surface area contributed by atoms with Crippen LogP contribution in [0.4, 0.5) is 13.2 Å². The van der Waals surface area contributed by atoms with Gasteiger partial charge in [-0.3, -0.25) is 0 Å². The largest absolute Gasteiger partial charge is 0.485 e. The van der Waals surface area contributed by atoms with E-state index in [4.69, 9.17) is 11.3 Å². The lowest BCUT2D eigenvalue weighted by atomic mass is 10.0. The van der Waals surface area contributed by atoms with Crippen LogP contribution in [0.2, 0.25) is 0 Å². The SMILES string of the molecule is [CH]=CC(O)C(C)(C)Oc1cccc(C(F)(F)F)c1. The zero-order chi connectivity index (χ0) is 14.0. The van der Waals surface area contributed by atoms with Crippen LogP contribution in [0.1, 0.15) is 19.4 Å². The third kappa shape index (κ3) is 3.50. The third-order valence-electron chi connectivity index (χ3n) is 2.44. The average Bonchev–Trinajstić information content (AvgIpc) is 2.26. The van der Waals surface area contributed by atoms with Crippen LogP contribution >= 0.6 is 0 Å². The number of aliphatic hydroxyl groups excluding tert-OH is 1. The molecule has 5 heteroatoms. The van der Waals surface area contributed by atoms with Gasteiger partial charge in [-0.05, 0) is 32.0 Å². The fraction of sp³-hybridized carbons (Fsp3) is 0.385. The number of hydrogen-bond donors (Lipinski definition) is 1. The van der Waals surface area contributed by atoms with E-state index in [1.165, 1.54) is 26.0 Å². The highest BCUT2D eigenvalue weighted by Crippen LogP contribution is 2.32. The highest BCUT2D eigenvalue weighted by Gasteiger charge is 2.32. The fourth-order valence-electron chi connectivity index (χ4n) is 1.33. The van der Waals surface area contributed by atoms with Crippen molar-refractivity contribution in [2.45, 2.75) is 31.7 Å². The molecular formula is C13H14F3O2. The molecule has 1 aromatic rings. The Labute approximate surface area is 104 Å². The molecule has 0 saturated heterocycles. The first-order chi connectivity index (χ1) is 8.16. The van der Waals surface area contributed by atoms with Gasteiger partial charge in [-0.1, -0.05) is 18.7 Å². The minimum absolute atomic E-state index is 0.0238. The second-order valence-corrected chi connectivity index (χ2v) is 4.37. The summed E-state index contributed by atoms with van der Waals surface area (Å²) in [5.74, 6) is 0.0238. The highest BCUT2D eigenvalue weighted by molar-refractivity contribution is 5.31. The summed E-state index contributed by atoms with van der Waals surface area (Å²) in [5.41, 5.74) is -1.92. The van der Waals surface area contributed by atoms with Crippen LogP contribution in [0.3, 0.4) is 0 Å². The molecule has 1 N–H and O–H groups in total. The molecule has 0 fully saturated rings. The molecule has 0 aliphatic carbocycles. The molecule has 1 unspecified atom stereocenters. The van der Waals surface area contributed by atoms with Crippen LogP contribution in [0.15, 0.2) is 30.3 Å². The predicted molar refractivity (Wildman–Crippen MR) is 61.0 cm³/mol. The van der Waals surface area contributed by atoms with E-state index in [1.807, 2.05) is 0 Å². The van der Waals surface area contributed by atoms with Crippen molar-refractivity contribution in [1.29, 1.82) is 0 Å². The van der Waals surface area contributed by atoms with Crippen molar-refractivity contribution in [1.82, 2.24) is 0 Å². The van der Waals surface area contributed by atoms with E-state index in [0.29, 0.717) is 0 Å². The summed E-state index contributed by atoms with van der Waals surface area (Å²) in [6.07, 6.45) is -4.50. The first kappa shape index (κ1) is 14.6. The lowest BCUT2D eigenvalue weighted by Gasteiger charge is -2.29. The number of halogens is 3. The van der Waals surface area contributed by atoms with Gasteiger partial charge in [-0.2, -0.15) is 13.2 Å². The second kappa shape index (κ2) is 5.02. The molecule has 1 aromatic carbocycles. The monoisotopic (exact) mass is 259 g/mol. The van der Waals surface area contributed by atoms with Crippen LogP contribution in [-0.4, -0.2) is 16.8 Å². The van der Waals surface area contributed by atoms with E-state index in [0.717, 1.165) is 18.2 Å². The van der Waals surface area contributed by atoms with E-state index in [2.05, 4.69) is 0 Å². The molecular weight excluding hydrogens is 245 g/mol. The van der Waals surface area contributed by atoms with Gasteiger partial charge in [0.25, 0.3) is 0 Å². The Bertz CT molecular complexity index is 424. The maximum absolute atomic E-state index is 12.5. The smallest absolute Gasteiger partial charge is 0.416 e. The first-order valence-electron chi connectivity index (χ1n) is 5.26. The van der Waals surface area contributed by atoms with E-state index >= 15 is 0 Å². The molecule has 0 aromatic heterocycles.